The van der Waals surface area contributed by atoms with Gasteiger partial charge in [0, 0.05) is 12.5 Å². The van der Waals surface area contributed by atoms with Crippen LogP contribution in [0.5, 0.6) is 5.75 Å². The minimum Gasteiger partial charge on any atom is -0.497 e. The van der Waals surface area contributed by atoms with E-state index in [-0.39, 0.29) is 17.7 Å². The summed E-state index contributed by atoms with van der Waals surface area (Å²) in [5.74, 6) is 0.0158. The fraction of sp³-hybridized carbons (Fsp3) is 0.500. The molecule has 21 heavy (non-hydrogen) atoms. The van der Waals surface area contributed by atoms with Crippen LogP contribution in [0, 0.1) is 5.92 Å². The van der Waals surface area contributed by atoms with Crippen molar-refractivity contribution in [2.24, 2.45) is 5.92 Å². The Morgan fingerprint density at radius 2 is 2.19 bits per heavy atom. The molecule has 5 heteroatoms. The number of carbonyl (C=O) groups excluding carboxylic acids is 1. The highest BCUT2D eigenvalue weighted by Gasteiger charge is 2.48. The van der Waals surface area contributed by atoms with E-state index < -0.39 is 12.0 Å². The lowest BCUT2D eigenvalue weighted by Crippen LogP contribution is -2.41. The summed E-state index contributed by atoms with van der Waals surface area (Å²) in [5.41, 5.74) is 1.10. The van der Waals surface area contributed by atoms with Crippen LogP contribution in [0.2, 0.25) is 0 Å². The van der Waals surface area contributed by atoms with Crippen LogP contribution in [-0.2, 0) is 9.59 Å². The molecule has 1 aromatic rings. The molecule has 3 atom stereocenters. The summed E-state index contributed by atoms with van der Waals surface area (Å²) in [6, 6.07) is 7.12. The third kappa shape index (κ3) is 2.60. The summed E-state index contributed by atoms with van der Waals surface area (Å²) < 4.78 is 5.20. The van der Waals surface area contributed by atoms with Crippen LogP contribution >= 0.6 is 0 Å². The summed E-state index contributed by atoms with van der Waals surface area (Å²) >= 11 is 0. The van der Waals surface area contributed by atoms with E-state index in [0.717, 1.165) is 24.2 Å². The molecule has 1 amide bonds. The second-order valence-electron chi connectivity index (χ2n) is 5.75. The predicted molar refractivity (Wildman–Crippen MR) is 76.2 cm³/mol. The number of rotatable bonds is 4. The monoisotopic (exact) mass is 289 g/mol. The second-order valence-corrected chi connectivity index (χ2v) is 5.75. The minimum atomic E-state index is -0.889. The van der Waals surface area contributed by atoms with Gasteiger partial charge in [-0.1, -0.05) is 12.1 Å². The number of ether oxygens (including phenoxy) is 1. The molecule has 0 spiro atoms. The summed E-state index contributed by atoms with van der Waals surface area (Å²) in [5, 5.41) is 9.18. The number of nitrogens with zero attached hydrogens (tertiary/aromatic N) is 1. The maximum absolute atomic E-state index is 12.5. The number of amides is 1. The Balaban J connectivity index is 1.69. The molecular weight excluding hydrogens is 270 g/mol. The SMILES string of the molecule is COc1cccc(C2CC2C(=O)N2CCCC2C(=O)O)c1. The highest BCUT2D eigenvalue weighted by molar-refractivity contribution is 5.88. The van der Waals surface area contributed by atoms with Crippen LogP contribution in [0.25, 0.3) is 0 Å². The van der Waals surface area contributed by atoms with Gasteiger partial charge in [0.15, 0.2) is 0 Å². The summed E-state index contributed by atoms with van der Waals surface area (Å²) in [6.07, 6.45) is 2.14. The Morgan fingerprint density at radius 1 is 1.38 bits per heavy atom. The molecule has 1 heterocycles. The van der Waals surface area contributed by atoms with Gasteiger partial charge in [0.25, 0.3) is 0 Å². The van der Waals surface area contributed by atoms with Gasteiger partial charge in [-0.2, -0.15) is 0 Å². The fourth-order valence-electron chi connectivity index (χ4n) is 3.21. The van der Waals surface area contributed by atoms with Crippen LogP contribution in [0.1, 0.15) is 30.7 Å². The Morgan fingerprint density at radius 3 is 2.90 bits per heavy atom. The van der Waals surface area contributed by atoms with E-state index in [1.807, 2.05) is 24.3 Å². The van der Waals surface area contributed by atoms with Crippen molar-refractivity contribution in [1.29, 1.82) is 0 Å². The first-order chi connectivity index (χ1) is 10.1. The molecule has 0 aromatic heterocycles. The lowest BCUT2D eigenvalue weighted by atomic mass is 10.1. The first-order valence-corrected chi connectivity index (χ1v) is 7.29. The molecule has 0 radical (unpaired) electrons. The normalized spacial score (nSPS) is 27.5. The average molecular weight is 289 g/mol. The number of carboxylic acid groups (broad SMARTS) is 1. The third-order valence-electron chi connectivity index (χ3n) is 4.45. The number of benzene rings is 1. The molecule has 1 aliphatic heterocycles. The maximum Gasteiger partial charge on any atom is 0.326 e. The van der Waals surface area contributed by atoms with Crippen LogP contribution in [0.15, 0.2) is 24.3 Å². The van der Waals surface area contributed by atoms with E-state index in [1.54, 1.807) is 12.0 Å². The van der Waals surface area contributed by atoms with E-state index in [0.29, 0.717) is 13.0 Å². The topological polar surface area (TPSA) is 66.8 Å². The van der Waals surface area contributed by atoms with Gasteiger partial charge in [-0.25, -0.2) is 4.79 Å². The lowest BCUT2D eigenvalue weighted by molar-refractivity contribution is -0.148. The average Bonchev–Trinajstić information content (AvgIpc) is 3.14. The molecule has 2 aliphatic rings. The minimum absolute atomic E-state index is 0.00674. The van der Waals surface area contributed by atoms with Crippen molar-refractivity contribution in [2.45, 2.75) is 31.2 Å². The number of hydrogen-bond donors (Lipinski definition) is 1. The number of carbonyl (C=O) groups is 2. The molecule has 3 unspecified atom stereocenters. The van der Waals surface area contributed by atoms with E-state index in [1.165, 1.54) is 0 Å². The van der Waals surface area contributed by atoms with Crippen LogP contribution < -0.4 is 4.74 Å². The van der Waals surface area contributed by atoms with Crippen molar-refractivity contribution < 1.29 is 19.4 Å². The Kier molecular flexibility index (Phi) is 3.57. The maximum atomic E-state index is 12.5. The number of carboxylic acids is 1. The Bertz CT molecular complexity index is 571. The van der Waals surface area contributed by atoms with Gasteiger partial charge in [-0.05, 0) is 42.9 Å². The van der Waals surface area contributed by atoms with Crippen molar-refractivity contribution in [1.82, 2.24) is 4.90 Å². The Hall–Kier alpha value is -2.04. The first-order valence-electron chi connectivity index (χ1n) is 7.29. The van der Waals surface area contributed by atoms with E-state index >= 15 is 0 Å². The van der Waals surface area contributed by atoms with Crippen molar-refractivity contribution in [2.75, 3.05) is 13.7 Å². The van der Waals surface area contributed by atoms with Gasteiger partial charge in [0.2, 0.25) is 5.91 Å². The van der Waals surface area contributed by atoms with Crippen molar-refractivity contribution in [3.8, 4) is 5.75 Å². The quantitative estimate of drug-likeness (QED) is 0.919. The van der Waals surface area contributed by atoms with Gasteiger partial charge in [0.1, 0.15) is 11.8 Å². The Labute approximate surface area is 123 Å². The molecule has 1 aromatic carbocycles. The summed E-state index contributed by atoms with van der Waals surface area (Å²) in [7, 11) is 1.62. The smallest absolute Gasteiger partial charge is 0.326 e. The summed E-state index contributed by atoms with van der Waals surface area (Å²) in [6.45, 7) is 0.567. The van der Waals surface area contributed by atoms with Gasteiger partial charge in [-0.15, -0.1) is 0 Å². The fourth-order valence-corrected chi connectivity index (χ4v) is 3.21. The standard InChI is InChI=1S/C16H19NO4/c1-21-11-5-2-4-10(8-11)12-9-13(12)15(18)17-7-3-6-14(17)16(19)20/h2,4-5,8,12-14H,3,6-7,9H2,1H3,(H,19,20). The zero-order chi connectivity index (χ0) is 15.0. The zero-order valence-corrected chi connectivity index (χ0v) is 12.0. The predicted octanol–water partition coefficient (Wildman–Crippen LogP) is 1.87. The molecular formula is C16H19NO4. The third-order valence-corrected chi connectivity index (χ3v) is 4.45. The van der Waals surface area contributed by atoms with Crippen LogP contribution in [-0.4, -0.2) is 41.6 Å². The van der Waals surface area contributed by atoms with Crippen LogP contribution in [0.4, 0.5) is 0 Å². The molecule has 0 bridgehead atoms. The molecule has 5 nitrogen and oxygen atoms in total. The highest BCUT2D eigenvalue weighted by atomic mass is 16.5. The number of methoxy groups -OCH3 is 1. The summed E-state index contributed by atoms with van der Waals surface area (Å²) in [4.78, 5) is 25.2. The molecule has 3 rings (SSSR count). The molecule has 1 aliphatic carbocycles. The number of aliphatic carboxylic acids is 1. The number of likely N-dealkylation sites (tertiary alicyclic amines) is 1. The highest BCUT2D eigenvalue weighted by Crippen LogP contribution is 2.49. The second kappa shape index (κ2) is 5.39. The zero-order valence-electron chi connectivity index (χ0n) is 12.0. The lowest BCUT2D eigenvalue weighted by Gasteiger charge is -2.21. The molecule has 1 saturated carbocycles. The van der Waals surface area contributed by atoms with E-state index in [4.69, 9.17) is 4.74 Å². The van der Waals surface area contributed by atoms with Crippen LogP contribution in [0.3, 0.4) is 0 Å². The van der Waals surface area contributed by atoms with E-state index in [2.05, 4.69) is 0 Å². The number of hydrogen-bond acceptors (Lipinski definition) is 3. The molecule has 1 N–H and O–H groups in total. The molecule has 1 saturated heterocycles. The van der Waals surface area contributed by atoms with Gasteiger partial charge < -0.3 is 14.7 Å². The van der Waals surface area contributed by atoms with Crippen molar-refractivity contribution >= 4 is 11.9 Å². The molecule has 2 fully saturated rings. The van der Waals surface area contributed by atoms with E-state index in [9.17, 15) is 14.7 Å². The van der Waals surface area contributed by atoms with Gasteiger partial charge in [0.05, 0.1) is 7.11 Å². The largest absolute Gasteiger partial charge is 0.497 e. The molecule has 112 valence electrons. The van der Waals surface area contributed by atoms with Crippen molar-refractivity contribution in [3.05, 3.63) is 29.8 Å². The van der Waals surface area contributed by atoms with Gasteiger partial charge >= 0.3 is 5.97 Å². The first kappa shape index (κ1) is 13.9. The van der Waals surface area contributed by atoms with Crippen molar-refractivity contribution in [3.63, 3.8) is 0 Å². The van der Waals surface area contributed by atoms with Gasteiger partial charge in [-0.3, -0.25) is 4.79 Å².